The van der Waals surface area contributed by atoms with E-state index in [1.54, 1.807) is 32.9 Å². The molecule has 0 fully saturated rings. The molecule has 0 radical (unpaired) electrons. The van der Waals surface area contributed by atoms with Gasteiger partial charge in [-0.15, -0.1) is 11.3 Å². The fraction of sp³-hybridized carbons (Fsp3) is 0.333. The average Bonchev–Trinajstić information content (AvgIpc) is 3.18. The number of aryl methyl sites for hydroxylation is 1. The molecule has 0 atom stereocenters. The number of nitrogens with one attached hydrogen (secondary N) is 1. The van der Waals surface area contributed by atoms with Crippen molar-refractivity contribution >= 4 is 37.9 Å². The maximum atomic E-state index is 12.8. The number of rotatable bonds is 7. The molecule has 1 amide bonds. The molecule has 3 aromatic rings. The van der Waals surface area contributed by atoms with Crippen molar-refractivity contribution < 1.29 is 13.2 Å². The molecule has 0 unspecified atom stereocenters. The van der Waals surface area contributed by atoms with E-state index in [2.05, 4.69) is 10.3 Å². The SMILES string of the molecule is CCN(CC)S(=O)(=O)c1cc(NC(=O)Cc2cn3ccsc3n2)ccc1C. The van der Waals surface area contributed by atoms with Crippen LogP contribution in [0, 0.1) is 6.92 Å². The number of hydrogen-bond acceptors (Lipinski definition) is 5. The summed E-state index contributed by atoms with van der Waals surface area (Å²) in [6, 6.07) is 4.94. The quantitative estimate of drug-likeness (QED) is 0.654. The van der Waals surface area contributed by atoms with Crippen molar-refractivity contribution in [3.8, 4) is 0 Å². The Balaban J connectivity index is 1.79. The van der Waals surface area contributed by atoms with Gasteiger partial charge in [-0.05, 0) is 24.6 Å². The molecule has 0 aliphatic heterocycles. The van der Waals surface area contributed by atoms with Crippen LogP contribution in [0.25, 0.3) is 4.96 Å². The lowest BCUT2D eigenvalue weighted by atomic mass is 10.2. The summed E-state index contributed by atoms with van der Waals surface area (Å²) in [5.74, 6) is -0.240. The summed E-state index contributed by atoms with van der Waals surface area (Å²) in [7, 11) is -3.59. The number of carbonyl (C=O) groups excluding carboxylic acids is 1. The van der Waals surface area contributed by atoms with Gasteiger partial charge in [0.1, 0.15) is 0 Å². The predicted octanol–water partition coefficient (Wildman–Crippen LogP) is 2.92. The molecule has 144 valence electrons. The second kappa shape index (κ2) is 7.79. The van der Waals surface area contributed by atoms with Crippen molar-refractivity contribution in [3.63, 3.8) is 0 Å². The van der Waals surface area contributed by atoms with E-state index in [9.17, 15) is 13.2 Å². The van der Waals surface area contributed by atoms with Crippen LogP contribution in [0.15, 0.2) is 40.9 Å². The van der Waals surface area contributed by atoms with Crippen LogP contribution in [-0.4, -0.2) is 41.1 Å². The molecular weight excluding hydrogens is 384 g/mol. The van der Waals surface area contributed by atoms with Gasteiger partial charge in [-0.2, -0.15) is 4.31 Å². The molecule has 2 aromatic heterocycles. The van der Waals surface area contributed by atoms with Gasteiger partial charge in [0.2, 0.25) is 15.9 Å². The molecule has 0 bridgehead atoms. The Labute approximate surface area is 162 Å². The van der Waals surface area contributed by atoms with E-state index in [0.29, 0.717) is 30.0 Å². The lowest BCUT2D eigenvalue weighted by Gasteiger charge is -2.20. The number of hydrogen-bond donors (Lipinski definition) is 1. The first-order valence-corrected chi connectivity index (χ1v) is 11.0. The minimum absolute atomic E-state index is 0.125. The highest BCUT2D eigenvalue weighted by Crippen LogP contribution is 2.24. The molecule has 7 nitrogen and oxygen atoms in total. The molecule has 9 heteroatoms. The number of nitrogens with zero attached hydrogens (tertiary/aromatic N) is 3. The van der Waals surface area contributed by atoms with Gasteiger partial charge in [0, 0.05) is 36.6 Å². The summed E-state index contributed by atoms with van der Waals surface area (Å²) in [6.45, 7) is 6.15. The Morgan fingerprint density at radius 2 is 2.04 bits per heavy atom. The minimum Gasteiger partial charge on any atom is -0.326 e. The van der Waals surface area contributed by atoms with Gasteiger partial charge in [-0.1, -0.05) is 19.9 Å². The summed E-state index contributed by atoms with van der Waals surface area (Å²) in [6.07, 6.45) is 3.83. The molecule has 2 heterocycles. The zero-order valence-electron chi connectivity index (χ0n) is 15.5. The van der Waals surface area contributed by atoms with E-state index < -0.39 is 10.0 Å². The van der Waals surface area contributed by atoms with Gasteiger partial charge in [0.15, 0.2) is 4.96 Å². The molecule has 0 aliphatic carbocycles. The number of fused-ring (bicyclic) bond motifs is 1. The van der Waals surface area contributed by atoms with Gasteiger partial charge in [0.05, 0.1) is 17.0 Å². The number of thiazole rings is 1. The van der Waals surface area contributed by atoms with E-state index in [0.717, 1.165) is 4.96 Å². The summed E-state index contributed by atoms with van der Waals surface area (Å²) in [4.78, 5) is 17.8. The Bertz CT molecular complexity index is 1040. The second-order valence-electron chi connectivity index (χ2n) is 6.12. The molecule has 0 saturated carbocycles. The lowest BCUT2D eigenvalue weighted by molar-refractivity contribution is -0.115. The fourth-order valence-corrected chi connectivity index (χ4v) is 5.32. The lowest BCUT2D eigenvalue weighted by Crippen LogP contribution is -2.31. The number of anilines is 1. The van der Waals surface area contributed by atoms with Crippen molar-refractivity contribution in [3.05, 3.63) is 47.2 Å². The van der Waals surface area contributed by atoms with Crippen LogP contribution in [-0.2, 0) is 21.2 Å². The largest absolute Gasteiger partial charge is 0.326 e. The van der Waals surface area contributed by atoms with E-state index in [4.69, 9.17) is 0 Å². The first-order valence-electron chi connectivity index (χ1n) is 8.67. The molecule has 0 spiro atoms. The standard InChI is InChI=1S/C18H22N4O3S2/c1-4-22(5-2)27(24,25)16-10-14(7-6-13(16)3)19-17(23)11-15-12-21-8-9-26-18(21)20-15/h6-10,12H,4-5,11H2,1-3H3,(H,19,23). The van der Waals surface area contributed by atoms with Crippen molar-refractivity contribution in [2.24, 2.45) is 0 Å². The van der Waals surface area contributed by atoms with Crippen LogP contribution in [0.5, 0.6) is 0 Å². The van der Waals surface area contributed by atoms with Gasteiger partial charge >= 0.3 is 0 Å². The van der Waals surface area contributed by atoms with E-state index in [-0.39, 0.29) is 17.2 Å². The van der Waals surface area contributed by atoms with Crippen molar-refractivity contribution in [2.75, 3.05) is 18.4 Å². The zero-order valence-corrected chi connectivity index (χ0v) is 17.1. The van der Waals surface area contributed by atoms with Gasteiger partial charge in [0.25, 0.3) is 0 Å². The third-order valence-corrected chi connectivity index (χ3v) is 7.24. The van der Waals surface area contributed by atoms with Crippen LogP contribution in [0.4, 0.5) is 5.69 Å². The van der Waals surface area contributed by atoms with Crippen molar-refractivity contribution in [1.82, 2.24) is 13.7 Å². The van der Waals surface area contributed by atoms with Crippen LogP contribution in [0.3, 0.4) is 0 Å². The maximum Gasteiger partial charge on any atom is 0.243 e. The molecule has 1 N–H and O–H groups in total. The highest BCUT2D eigenvalue weighted by Gasteiger charge is 2.24. The third kappa shape index (κ3) is 4.05. The topological polar surface area (TPSA) is 83.8 Å². The Kier molecular flexibility index (Phi) is 5.64. The maximum absolute atomic E-state index is 12.8. The predicted molar refractivity (Wildman–Crippen MR) is 107 cm³/mol. The molecular formula is C18H22N4O3S2. The van der Waals surface area contributed by atoms with Crippen molar-refractivity contribution in [1.29, 1.82) is 0 Å². The van der Waals surface area contributed by atoms with E-state index in [1.807, 2.05) is 22.2 Å². The second-order valence-corrected chi connectivity index (χ2v) is 8.90. The van der Waals surface area contributed by atoms with Crippen LogP contribution < -0.4 is 5.32 Å². The monoisotopic (exact) mass is 406 g/mol. The number of aromatic nitrogens is 2. The van der Waals surface area contributed by atoms with Gasteiger partial charge in [-0.25, -0.2) is 13.4 Å². The Morgan fingerprint density at radius 1 is 1.30 bits per heavy atom. The molecule has 0 aliphatic rings. The average molecular weight is 407 g/mol. The normalized spacial score (nSPS) is 12.0. The first kappa shape index (κ1) is 19.5. The number of benzene rings is 1. The minimum atomic E-state index is -3.59. The van der Waals surface area contributed by atoms with Crippen molar-refractivity contribution in [2.45, 2.75) is 32.1 Å². The summed E-state index contributed by atoms with van der Waals surface area (Å²) < 4.78 is 28.9. The van der Waals surface area contributed by atoms with Crippen LogP contribution >= 0.6 is 11.3 Å². The number of imidazole rings is 1. The third-order valence-electron chi connectivity index (χ3n) is 4.28. The highest BCUT2D eigenvalue weighted by molar-refractivity contribution is 7.89. The van der Waals surface area contributed by atoms with Gasteiger partial charge < -0.3 is 5.32 Å². The summed E-state index contributed by atoms with van der Waals surface area (Å²) >= 11 is 1.50. The smallest absolute Gasteiger partial charge is 0.243 e. The van der Waals surface area contributed by atoms with E-state index >= 15 is 0 Å². The number of sulfonamides is 1. The Hall–Kier alpha value is -2.23. The Morgan fingerprint density at radius 3 is 2.70 bits per heavy atom. The fourth-order valence-electron chi connectivity index (χ4n) is 2.89. The summed E-state index contributed by atoms with van der Waals surface area (Å²) in [5.41, 5.74) is 1.77. The molecule has 3 rings (SSSR count). The van der Waals surface area contributed by atoms with Gasteiger partial charge in [-0.3, -0.25) is 9.20 Å². The first-order chi connectivity index (χ1) is 12.8. The van der Waals surface area contributed by atoms with E-state index in [1.165, 1.54) is 21.7 Å². The zero-order chi connectivity index (χ0) is 19.6. The molecule has 27 heavy (non-hydrogen) atoms. The van der Waals surface area contributed by atoms with Crippen LogP contribution in [0.2, 0.25) is 0 Å². The summed E-state index contributed by atoms with van der Waals surface area (Å²) in [5, 5.41) is 4.70. The molecule has 1 aromatic carbocycles. The highest BCUT2D eigenvalue weighted by atomic mass is 32.2. The number of amides is 1. The van der Waals surface area contributed by atoms with Crippen LogP contribution in [0.1, 0.15) is 25.1 Å². The number of carbonyl (C=O) groups is 1. The molecule has 0 saturated heterocycles.